The van der Waals surface area contributed by atoms with Gasteiger partial charge in [0.05, 0.1) is 0 Å². The highest BCUT2D eigenvalue weighted by Crippen LogP contribution is 2.16. The fraction of sp³-hybridized carbons (Fsp3) is 0.571. The summed E-state index contributed by atoms with van der Waals surface area (Å²) in [6, 6.07) is 0.477. The molecule has 0 saturated heterocycles. The predicted molar refractivity (Wildman–Crippen MR) is 45.6 cm³/mol. The van der Waals surface area contributed by atoms with E-state index in [0.717, 1.165) is 5.13 Å². The lowest BCUT2D eigenvalue weighted by Crippen LogP contribution is -2.08. The molecular weight excluding hydrogens is 144 g/mol. The highest BCUT2D eigenvalue weighted by molar-refractivity contribution is 7.15. The van der Waals surface area contributed by atoms with Crippen molar-refractivity contribution in [1.82, 2.24) is 4.98 Å². The number of nitrogens with one attached hydrogen (secondary N) is 1. The standard InChI is InChI=1S/C7H12N2S/c1-5(2)9-7-8-4-6(3)10-7/h4-5H,1-3H3,(H,8,9). The first kappa shape index (κ1) is 7.54. The van der Waals surface area contributed by atoms with Crippen LogP contribution < -0.4 is 5.32 Å². The van der Waals surface area contributed by atoms with Gasteiger partial charge in [-0.2, -0.15) is 0 Å². The van der Waals surface area contributed by atoms with Crippen molar-refractivity contribution < 1.29 is 0 Å². The van der Waals surface area contributed by atoms with Gasteiger partial charge in [0, 0.05) is 17.1 Å². The lowest BCUT2D eigenvalue weighted by molar-refractivity contribution is 0.896. The Morgan fingerprint density at radius 1 is 1.60 bits per heavy atom. The summed E-state index contributed by atoms with van der Waals surface area (Å²) >= 11 is 1.69. The number of rotatable bonds is 2. The molecule has 0 bridgehead atoms. The van der Waals surface area contributed by atoms with E-state index >= 15 is 0 Å². The largest absolute Gasteiger partial charge is 0.359 e. The van der Waals surface area contributed by atoms with E-state index in [0.29, 0.717) is 6.04 Å². The lowest BCUT2D eigenvalue weighted by atomic mass is 10.4. The summed E-state index contributed by atoms with van der Waals surface area (Å²) in [6.07, 6.45) is 1.88. The summed E-state index contributed by atoms with van der Waals surface area (Å²) in [4.78, 5) is 5.42. The van der Waals surface area contributed by atoms with E-state index in [1.165, 1.54) is 4.88 Å². The van der Waals surface area contributed by atoms with Crippen LogP contribution in [0, 0.1) is 6.92 Å². The van der Waals surface area contributed by atoms with E-state index in [9.17, 15) is 0 Å². The fourth-order valence-corrected chi connectivity index (χ4v) is 1.48. The minimum Gasteiger partial charge on any atom is -0.359 e. The van der Waals surface area contributed by atoms with Crippen molar-refractivity contribution in [2.45, 2.75) is 26.8 Å². The van der Waals surface area contributed by atoms with Crippen LogP contribution in [0.2, 0.25) is 0 Å². The highest BCUT2D eigenvalue weighted by Gasteiger charge is 1.97. The van der Waals surface area contributed by atoms with Crippen LogP contribution in [0.15, 0.2) is 6.20 Å². The second-order valence-corrected chi connectivity index (χ2v) is 3.81. The first-order chi connectivity index (χ1) is 4.68. The normalized spacial score (nSPS) is 10.4. The van der Waals surface area contributed by atoms with Gasteiger partial charge in [0.2, 0.25) is 0 Å². The Morgan fingerprint density at radius 2 is 2.30 bits per heavy atom. The molecule has 0 aliphatic carbocycles. The Hall–Kier alpha value is -0.570. The Labute approximate surface area is 65.3 Å². The molecule has 0 saturated carbocycles. The molecule has 1 aromatic heterocycles. The Kier molecular flexibility index (Phi) is 2.27. The molecule has 0 spiro atoms. The smallest absolute Gasteiger partial charge is 0.183 e. The van der Waals surface area contributed by atoms with Crippen molar-refractivity contribution in [3.8, 4) is 0 Å². The van der Waals surface area contributed by atoms with Crippen molar-refractivity contribution in [3.05, 3.63) is 11.1 Å². The lowest BCUT2D eigenvalue weighted by Gasteiger charge is -2.03. The van der Waals surface area contributed by atoms with E-state index in [-0.39, 0.29) is 0 Å². The molecule has 0 radical (unpaired) electrons. The summed E-state index contributed by atoms with van der Waals surface area (Å²) in [5.41, 5.74) is 0. The third-order valence-corrected chi connectivity index (χ3v) is 1.88. The average molecular weight is 156 g/mol. The summed E-state index contributed by atoms with van der Waals surface area (Å²) in [6.45, 7) is 6.27. The Bertz CT molecular complexity index is 205. The first-order valence-electron chi connectivity index (χ1n) is 3.37. The van der Waals surface area contributed by atoms with Gasteiger partial charge < -0.3 is 5.32 Å². The molecular formula is C7H12N2S. The topological polar surface area (TPSA) is 24.9 Å². The van der Waals surface area contributed by atoms with Crippen molar-refractivity contribution in [2.24, 2.45) is 0 Å². The van der Waals surface area contributed by atoms with E-state index in [4.69, 9.17) is 0 Å². The molecule has 0 aliphatic heterocycles. The minimum atomic E-state index is 0.477. The van der Waals surface area contributed by atoms with Gasteiger partial charge in [0.15, 0.2) is 5.13 Å². The predicted octanol–water partition coefficient (Wildman–Crippen LogP) is 2.27. The van der Waals surface area contributed by atoms with Crippen molar-refractivity contribution in [2.75, 3.05) is 5.32 Å². The third kappa shape index (κ3) is 1.99. The minimum absolute atomic E-state index is 0.477. The van der Waals surface area contributed by atoms with Crippen LogP contribution in [-0.2, 0) is 0 Å². The molecule has 10 heavy (non-hydrogen) atoms. The van der Waals surface area contributed by atoms with Crippen LogP contribution in [0.25, 0.3) is 0 Å². The number of nitrogens with zero attached hydrogens (tertiary/aromatic N) is 1. The van der Waals surface area contributed by atoms with Gasteiger partial charge in [0.25, 0.3) is 0 Å². The molecule has 0 amide bonds. The molecule has 0 fully saturated rings. The molecule has 0 atom stereocenters. The van der Waals surface area contributed by atoms with Crippen LogP contribution in [0.1, 0.15) is 18.7 Å². The molecule has 1 N–H and O–H groups in total. The number of hydrogen-bond donors (Lipinski definition) is 1. The van der Waals surface area contributed by atoms with Gasteiger partial charge in [-0.15, -0.1) is 11.3 Å². The molecule has 3 heteroatoms. The van der Waals surface area contributed by atoms with Crippen LogP contribution in [0.5, 0.6) is 0 Å². The maximum atomic E-state index is 4.16. The van der Waals surface area contributed by atoms with Gasteiger partial charge in [-0.05, 0) is 20.8 Å². The Morgan fingerprint density at radius 3 is 2.70 bits per heavy atom. The third-order valence-electron chi connectivity index (χ3n) is 1.03. The van der Waals surface area contributed by atoms with Gasteiger partial charge in [0.1, 0.15) is 0 Å². The first-order valence-corrected chi connectivity index (χ1v) is 4.19. The van der Waals surface area contributed by atoms with Crippen molar-refractivity contribution >= 4 is 16.5 Å². The zero-order chi connectivity index (χ0) is 7.56. The number of anilines is 1. The van der Waals surface area contributed by atoms with Crippen LogP contribution in [0.4, 0.5) is 5.13 Å². The molecule has 1 rings (SSSR count). The summed E-state index contributed by atoms with van der Waals surface area (Å²) in [5.74, 6) is 0. The fourth-order valence-electron chi connectivity index (χ4n) is 0.668. The monoisotopic (exact) mass is 156 g/mol. The molecule has 56 valence electrons. The van der Waals surface area contributed by atoms with Gasteiger partial charge >= 0.3 is 0 Å². The number of thiazole rings is 1. The van der Waals surface area contributed by atoms with Gasteiger partial charge in [-0.1, -0.05) is 0 Å². The van der Waals surface area contributed by atoms with Crippen LogP contribution in [-0.4, -0.2) is 11.0 Å². The van der Waals surface area contributed by atoms with Gasteiger partial charge in [-0.3, -0.25) is 0 Å². The zero-order valence-electron chi connectivity index (χ0n) is 6.51. The van der Waals surface area contributed by atoms with E-state index in [1.54, 1.807) is 11.3 Å². The maximum Gasteiger partial charge on any atom is 0.183 e. The van der Waals surface area contributed by atoms with Crippen molar-refractivity contribution in [3.63, 3.8) is 0 Å². The second-order valence-electron chi connectivity index (χ2n) is 2.58. The average Bonchev–Trinajstić information content (AvgIpc) is 2.13. The number of hydrogen-bond acceptors (Lipinski definition) is 3. The quantitative estimate of drug-likeness (QED) is 0.710. The zero-order valence-corrected chi connectivity index (χ0v) is 7.33. The number of aryl methyl sites for hydroxylation is 1. The molecule has 0 unspecified atom stereocenters. The van der Waals surface area contributed by atoms with E-state index < -0.39 is 0 Å². The van der Waals surface area contributed by atoms with E-state index in [2.05, 4.69) is 31.1 Å². The Balaban J connectivity index is 2.58. The summed E-state index contributed by atoms with van der Waals surface area (Å²) in [5, 5.41) is 4.25. The molecule has 1 heterocycles. The van der Waals surface area contributed by atoms with Crippen LogP contribution >= 0.6 is 11.3 Å². The summed E-state index contributed by atoms with van der Waals surface area (Å²) < 4.78 is 0. The molecule has 1 aromatic rings. The number of aromatic nitrogens is 1. The van der Waals surface area contributed by atoms with E-state index in [1.807, 2.05) is 6.20 Å². The molecule has 0 aliphatic rings. The maximum absolute atomic E-state index is 4.16. The molecule has 0 aromatic carbocycles. The van der Waals surface area contributed by atoms with Gasteiger partial charge in [-0.25, -0.2) is 4.98 Å². The van der Waals surface area contributed by atoms with Crippen molar-refractivity contribution in [1.29, 1.82) is 0 Å². The molecule has 2 nitrogen and oxygen atoms in total. The SMILES string of the molecule is Cc1cnc(NC(C)C)s1. The second kappa shape index (κ2) is 3.01. The highest BCUT2D eigenvalue weighted by atomic mass is 32.1. The summed E-state index contributed by atoms with van der Waals surface area (Å²) in [7, 11) is 0. The van der Waals surface area contributed by atoms with Crippen LogP contribution in [0.3, 0.4) is 0 Å².